The molecule has 1 saturated heterocycles. The van der Waals surface area contributed by atoms with Gasteiger partial charge in [0.05, 0.1) is 0 Å². The maximum absolute atomic E-state index is 12.4. The Morgan fingerprint density at radius 3 is 2.81 bits per heavy atom. The smallest absolute Gasteiger partial charge is 0.317 e. The van der Waals surface area contributed by atoms with Gasteiger partial charge >= 0.3 is 6.03 Å². The molecule has 3 rings (SSSR count). The zero-order valence-corrected chi connectivity index (χ0v) is 14.1. The Labute approximate surface area is 135 Å². The predicted molar refractivity (Wildman–Crippen MR) is 91.1 cm³/mol. The van der Waals surface area contributed by atoms with Crippen LogP contribution in [0.15, 0.2) is 17.5 Å². The van der Waals surface area contributed by atoms with Crippen LogP contribution in [0.2, 0.25) is 0 Å². The fraction of sp³-hybridized carbons (Fsp3) is 0.688. The highest BCUT2D eigenvalue weighted by Gasteiger charge is 2.24. The molecule has 1 aromatic rings. The van der Waals surface area contributed by atoms with Crippen LogP contribution in [0.3, 0.4) is 0 Å². The number of hydrogen-bond donors (Lipinski definition) is 1. The standard InChI is InChI=1S/C16H24N2OS2/c19-16(17-13-5-2-1-3-6-13)18-9-8-15(21-12-10-18)14-7-4-11-20-14/h4,7,11,13,15H,1-3,5-6,8-10,12H2,(H,17,19). The van der Waals surface area contributed by atoms with Crippen LogP contribution in [0.5, 0.6) is 0 Å². The normalized spacial score (nSPS) is 24.6. The molecule has 1 atom stereocenters. The van der Waals surface area contributed by atoms with Crippen LogP contribution in [0.4, 0.5) is 4.79 Å². The Balaban J connectivity index is 1.51. The van der Waals surface area contributed by atoms with E-state index in [1.165, 1.54) is 24.1 Å². The molecule has 1 unspecified atom stereocenters. The summed E-state index contributed by atoms with van der Waals surface area (Å²) in [4.78, 5) is 15.9. The number of carbonyl (C=O) groups is 1. The van der Waals surface area contributed by atoms with Crippen LogP contribution in [0.1, 0.15) is 48.7 Å². The van der Waals surface area contributed by atoms with Gasteiger partial charge in [-0.25, -0.2) is 4.79 Å². The summed E-state index contributed by atoms with van der Waals surface area (Å²) in [5, 5.41) is 5.96. The average Bonchev–Trinajstić information content (AvgIpc) is 2.93. The number of nitrogens with one attached hydrogen (secondary N) is 1. The zero-order chi connectivity index (χ0) is 14.5. The van der Waals surface area contributed by atoms with E-state index in [-0.39, 0.29) is 6.03 Å². The number of carbonyl (C=O) groups excluding carboxylic acids is 1. The van der Waals surface area contributed by atoms with Crippen molar-refractivity contribution in [1.29, 1.82) is 0 Å². The van der Waals surface area contributed by atoms with Crippen LogP contribution in [0, 0.1) is 0 Å². The van der Waals surface area contributed by atoms with E-state index in [2.05, 4.69) is 22.8 Å². The van der Waals surface area contributed by atoms with E-state index in [0.717, 1.165) is 38.1 Å². The van der Waals surface area contributed by atoms with Gasteiger partial charge in [0.1, 0.15) is 0 Å². The first kappa shape index (κ1) is 15.2. The summed E-state index contributed by atoms with van der Waals surface area (Å²) in [6, 6.07) is 4.92. The lowest BCUT2D eigenvalue weighted by Gasteiger charge is -2.27. The summed E-state index contributed by atoms with van der Waals surface area (Å²) in [6.07, 6.45) is 7.25. The van der Waals surface area contributed by atoms with Gasteiger partial charge in [-0.05, 0) is 30.7 Å². The molecule has 3 nitrogen and oxygen atoms in total. The SMILES string of the molecule is O=C(NC1CCCCC1)N1CCSC(c2cccs2)CC1. The Morgan fingerprint density at radius 2 is 2.05 bits per heavy atom. The van der Waals surface area contributed by atoms with E-state index in [1.54, 1.807) is 0 Å². The second-order valence-corrected chi connectivity index (χ2v) is 8.22. The number of urea groups is 1. The monoisotopic (exact) mass is 324 g/mol. The van der Waals surface area contributed by atoms with Gasteiger partial charge in [0.25, 0.3) is 0 Å². The van der Waals surface area contributed by atoms with Gasteiger partial charge < -0.3 is 10.2 Å². The molecule has 1 aromatic heterocycles. The first-order valence-electron chi connectivity index (χ1n) is 8.03. The Morgan fingerprint density at radius 1 is 1.19 bits per heavy atom. The zero-order valence-electron chi connectivity index (χ0n) is 12.4. The van der Waals surface area contributed by atoms with Gasteiger partial charge in [0.15, 0.2) is 0 Å². The maximum Gasteiger partial charge on any atom is 0.317 e. The summed E-state index contributed by atoms with van der Waals surface area (Å²) in [7, 11) is 0. The van der Waals surface area contributed by atoms with E-state index in [9.17, 15) is 4.79 Å². The van der Waals surface area contributed by atoms with Crippen molar-refractivity contribution in [3.63, 3.8) is 0 Å². The molecule has 0 spiro atoms. The first-order valence-corrected chi connectivity index (χ1v) is 9.96. The van der Waals surface area contributed by atoms with Crippen LogP contribution >= 0.6 is 23.1 Å². The van der Waals surface area contributed by atoms with Crippen LogP contribution in [-0.4, -0.2) is 35.8 Å². The van der Waals surface area contributed by atoms with Crippen molar-refractivity contribution >= 4 is 29.1 Å². The lowest BCUT2D eigenvalue weighted by molar-refractivity contribution is 0.193. The van der Waals surface area contributed by atoms with Gasteiger partial charge in [-0.2, -0.15) is 11.8 Å². The minimum atomic E-state index is 0.161. The fourth-order valence-electron chi connectivity index (χ4n) is 3.19. The molecule has 5 heteroatoms. The molecule has 1 N–H and O–H groups in total. The summed E-state index contributed by atoms with van der Waals surface area (Å²) in [5.41, 5.74) is 0. The van der Waals surface area contributed by atoms with E-state index in [4.69, 9.17) is 0 Å². The third-order valence-electron chi connectivity index (χ3n) is 4.42. The largest absolute Gasteiger partial charge is 0.335 e. The van der Waals surface area contributed by atoms with Crippen LogP contribution in [0.25, 0.3) is 0 Å². The van der Waals surface area contributed by atoms with Crippen molar-refractivity contribution in [3.05, 3.63) is 22.4 Å². The molecule has 1 saturated carbocycles. The van der Waals surface area contributed by atoms with Gasteiger partial charge in [0, 0.05) is 35.0 Å². The summed E-state index contributed by atoms with van der Waals surface area (Å²) in [6.45, 7) is 1.76. The predicted octanol–water partition coefficient (Wildman–Crippen LogP) is 4.27. The summed E-state index contributed by atoms with van der Waals surface area (Å²) < 4.78 is 0. The van der Waals surface area contributed by atoms with Crippen molar-refractivity contribution in [2.75, 3.05) is 18.8 Å². The van der Waals surface area contributed by atoms with Crippen LogP contribution < -0.4 is 5.32 Å². The summed E-state index contributed by atoms with van der Waals surface area (Å²) >= 11 is 3.83. The van der Waals surface area contributed by atoms with E-state index < -0.39 is 0 Å². The third-order valence-corrected chi connectivity index (χ3v) is 6.87. The molecular formula is C16H24N2OS2. The van der Waals surface area contributed by atoms with Gasteiger partial charge in [-0.3, -0.25) is 0 Å². The average molecular weight is 325 g/mol. The van der Waals surface area contributed by atoms with Gasteiger partial charge in [0.2, 0.25) is 0 Å². The minimum Gasteiger partial charge on any atom is -0.335 e. The number of thiophene rings is 1. The number of thioether (sulfide) groups is 1. The molecular weight excluding hydrogens is 300 g/mol. The highest BCUT2D eigenvalue weighted by Crippen LogP contribution is 2.36. The summed E-state index contributed by atoms with van der Waals surface area (Å²) in [5.74, 6) is 1.04. The highest BCUT2D eigenvalue weighted by atomic mass is 32.2. The quantitative estimate of drug-likeness (QED) is 0.881. The molecule has 2 amide bonds. The van der Waals surface area contributed by atoms with Crippen molar-refractivity contribution in [1.82, 2.24) is 10.2 Å². The Hall–Kier alpha value is -0.680. The van der Waals surface area contributed by atoms with Crippen molar-refractivity contribution in [3.8, 4) is 0 Å². The van der Waals surface area contributed by atoms with Crippen LogP contribution in [-0.2, 0) is 0 Å². The number of rotatable bonds is 2. The first-order chi connectivity index (χ1) is 10.3. The molecule has 21 heavy (non-hydrogen) atoms. The Bertz CT molecular complexity index is 443. The second-order valence-electron chi connectivity index (χ2n) is 5.93. The van der Waals surface area contributed by atoms with Crippen molar-refractivity contribution < 1.29 is 4.79 Å². The number of amides is 2. The van der Waals surface area contributed by atoms with E-state index in [1.807, 2.05) is 28.0 Å². The van der Waals surface area contributed by atoms with E-state index >= 15 is 0 Å². The molecule has 2 fully saturated rings. The second kappa shape index (κ2) is 7.54. The third kappa shape index (κ3) is 4.16. The molecule has 0 bridgehead atoms. The molecule has 1 aliphatic carbocycles. The molecule has 0 aromatic carbocycles. The molecule has 1 aliphatic heterocycles. The number of hydrogen-bond acceptors (Lipinski definition) is 3. The maximum atomic E-state index is 12.4. The van der Waals surface area contributed by atoms with Gasteiger partial charge in [-0.15, -0.1) is 11.3 Å². The lowest BCUT2D eigenvalue weighted by atomic mass is 9.96. The molecule has 2 aliphatic rings. The van der Waals surface area contributed by atoms with Crippen molar-refractivity contribution in [2.24, 2.45) is 0 Å². The van der Waals surface area contributed by atoms with Gasteiger partial charge in [-0.1, -0.05) is 25.3 Å². The highest BCUT2D eigenvalue weighted by molar-refractivity contribution is 7.99. The van der Waals surface area contributed by atoms with E-state index in [0.29, 0.717) is 11.3 Å². The Kier molecular flexibility index (Phi) is 5.47. The number of nitrogens with zero attached hydrogens (tertiary/aromatic N) is 1. The topological polar surface area (TPSA) is 32.3 Å². The minimum absolute atomic E-state index is 0.161. The molecule has 116 valence electrons. The lowest BCUT2D eigenvalue weighted by Crippen LogP contribution is -2.46. The molecule has 2 heterocycles. The fourth-order valence-corrected chi connectivity index (χ4v) is 5.43. The van der Waals surface area contributed by atoms with Crippen molar-refractivity contribution in [2.45, 2.75) is 49.8 Å². The molecule has 0 radical (unpaired) electrons.